The third-order valence-corrected chi connectivity index (χ3v) is 6.52. The second kappa shape index (κ2) is 7.12. The van der Waals surface area contributed by atoms with Crippen LogP contribution in [-0.2, 0) is 14.6 Å². The topological polar surface area (TPSA) is 93.4 Å². The molecule has 134 valence electrons. The molecule has 0 N–H and O–H groups in total. The van der Waals surface area contributed by atoms with Crippen molar-refractivity contribution in [2.75, 3.05) is 24.3 Å². The average Bonchev–Trinajstić information content (AvgIpc) is 3.19. The van der Waals surface area contributed by atoms with Gasteiger partial charge in [0.15, 0.2) is 9.84 Å². The predicted molar refractivity (Wildman–Crippen MR) is 90.2 cm³/mol. The van der Waals surface area contributed by atoms with Gasteiger partial charge in [-0.3, -0.25) is 4.79 Å². The first kappa shape index (κ1) is 17.9. The molecule has 1 atom stereocenters. The molecule has 1 aliphatic rings. The molecule has 0 saturated carbocycles. The molecule has 0 unspecified atom stereocenters. The van der Waals surface area contributed by atoms with E-state index in [0.29, 0.717) is 12.0 Å². The van der Waals surface area contributed by atoms with Gasteiger partial charge in [0.2, 0.25) is 11.8 Å². The van der Waals surface area contributed by atoms with Crippen LogP contribution >= 0.6 is 11.8 Å². The molecule has 0 bridgehead atoms. The second-order valence-electron chi connectivity index (χ2n) is 5.73. The number of amides is 1. The molecule has 25 heavy (non-hydrogen) atoms. The molecule has 2 heterocycles. The summed E-state index contributed by atoms with van der Waals surface area (Å²) in [6.45, 7) is 0. The fourth-order valence-electron chi connectivity index (χ4n) is 2.49. The number of benzene rings is 1. The summed E-state index contributed by atoms with van der Waals surface area (Å²) in [6.07, 6.45) is 0.463. The van der Waals surface area contributed by atoms with E-state index in [1.165, 1.54) is 29.2 Å². The molecule has 1 fully saturated rings. The Morgan fingerprint density at radius 3 is 2.72 bits per heavy atom. The summed E-state index contributed by atoms with van der Waals surface area (Å²) < 4.78 is 41.4. The molecule has 3 rings (SSSR count). The summed E-state index contributed by atoms with van der Waals surface area (Å²) in [6, 6.07) is 5.35. The van der Waals surface area contributed by atoms with Gasteiger partial charge < -0.3 is 9.32 Å². The molecule has 1 amide bonds. The van der Waals surface area contributed by atoms with E-state index in [1.54, 1.807) is 7.05 Å². The average molecular weight is 385 g/mol. The Morgan fingerprint density at radius 1 is 1.36 bits per heavy atom. The molecule has 7 nitrogen and oxygen atoms in total. The Bertz CT molecular complexity index is 867. The molecule has 1 aliphatic heterocycles. The smallest absolute Gasteiger partial charge is 0.277 e. The molecule has 1 aromatic heterocycles. The molecule has 0 radical (unpaired) electrons. The molecule has 0 aliphatic carbocycles. The number of nitrogens with zero attached hydrogens (tertiary/aromatic N) is 3. The Balaban J connectivity index is 1.57. The van der Waals surface area contributed by atoms with E-state index in [9.17, 15) is 17.6 Å². The van der Waals surface area contributed by atoms with E-state index < -0.39 is 9.84 Å². The Labute approximate surface area is 148 Å². The minimum atomic E-state index is -3.04. The normalized spacial score (nSPS) is 19.0. The zero-order chi connectivity index (χ0) is 18.0. The first-order valence-corrected chi connectivity index (χ1v) is 10.3. The Hall–Kier alpha value is -1.94. The molecule has 0 spiro atoms. The molecule has 1 saturated heterocycles. The largest absolute Gasteiger partial charge is 0.411 e. The zero-order valence-corrected chi connectivity index (χ0v) is 15.0. The van der Waals surface area contributed by atoms with Crippen molar-refractivity contribution in [1.82, 2.24) is 15.1 Å². The highest BCUT2D eigenvalue weighted by molar-refractivity contribution is 7.99. The van der Waals surface area contributed by atoms with Gasteiger partial charge in [-0.1, -0.05) is 11.8 Å². The van der Waals surface area contributed by atoms with Gasteiger partial charge in [0.25, 0.3) is 5.22 Å². The quantitative estimate of drug-likeness (QED) is 0.722. The first-order chi connectivity index (χ1) is 11.8. The van der Waals surface area contributed by atoms with Crippen LogP contribution in [0.1, 0.15) is 6.42 Å². The molecular formula is C15H16FN3O4S2. The zero-order valence-electron chi connectivity index (χ0n) is 13.4. The number of rotatable bonds is 5. The maximum absolute atomic E-state index is 12.9. The summed E-state index contributed by atoms with van der Waals surface area (Å²) in [7, 11) is -1.44. The van der Waals surface area contributed by atoms with Crippen LogP contribution in [-0.4, -0.2) is 59.8 Å². The van der Waals surface area contributed by atoms with Crippen LogP contribution in [0.3, 0.4) is 0 Å². The number of hydrogen-bond donors (Lipinski definition) is 0. The van der Waals surface area contributed by atoms with E-state index in [4.69, 9.17) is 4.42 Å². The highest BCUT2D eigenvalue weighted by Gasteiger charge is 2.32. The lowest BCUT2D eigenvalue weighted by Gasteiger charge is -2.22. The highest BCUT2D eigenvalue weighted by atomic mass is 32.2. The number of sulfone groups is 1. The van der Waals surface area contributed by atoms with E-state index >= 15 is 0 Å². The van der Waals surface area contributed by atoms with Crippen molar-refractivity contribution in [3.8, 4) is 11.5 Å². The summed E-state index contributed by atoms with van der Waals surface area (Å²) in [5.74, 6) is -0.125. The minimum absolute atomic E-state index is 0.00911. The molecule has 2 aromatic rings. The van der Waals surface area contributed by atoms with Gasteiger partial charge in [-0.2, -0.15) is 0 Å². The number of aromatic nitrogens is 2. The van der Waals surface area contributed by atoms with Gasteiger partial charge in [0, 0.05) is 18.7 Å². The summed E-state index contributed by atoms with van der Waals surface area (Å²) >= 11 is 1.08. The van der Waals surface area contributed by atoms with Gasteiger partial charge >= 0.3 is 0 Å². The SMILES string of the molecule is CN(C(=O)CSc1nnc(-c2ccc(F)cc2)o1)[C@H]1CCS(=O)(=O)C1. The van der Waals surface area contributed by atoms with Crippen LogP contribution in [0, 0.1) is 5.82 Å². The second-order valence-corrected chi connectivity index (χ2v) is 8.89. The van der Waals surface area contributed by atoms with Crippen molar-refractivity contribution in [2.24, 2.45) is 0 Å². The standard InChI is InChI=1S/C15H16FN3O4S2/c1-19(12-6-7-25(21,22)9-12)13(20)8-24-15-18-17-14(23-15)10-2-4-11(16)5-3-10/h2-5,12H,6-9H2,1H3/t12-/m0/s1. The van der Waals surface area contributed by atoms with Crippen LogP contribution in [0.5, 0.6) is 0 Å². The van der Waals surface area contributed by atoms with E-state index in [0.717, 1.165) is 11.8 Å². The maximum atomic E-state index is 12.9. The van der Waals surface area contributed by atoms with Crippen molar-refractivity contribution in [3.05, 3.63) is 30.1 Å². The lowest BCUT2D eigenvalue weighted by molar-refractivity contribution is -0.128. The van der Waals surface area contributed by atoms with Crippen LogP contribution in [0.2, 0.25) is 0 Å². The molecular weight excluding hydrogens is 369 g/mol. The number of halogens is 1. The lowest BCUT2D eigenvalue weighted by atomic mass is 10.2. The third kappa shape index (κ3) is 4.37. The van der Waals surface area contributed by atoms with Crippen LogP contribution < -0.4 is 0 Å². The summed E-state index contributed by atoms with van der Waals surface area (Å²) in [5, 5.41) is 7.95. The van der Waals surface area contributed by atoms with E-state index in [-0.39, 0.29) is 46.1 Å². The maximum Gasteiger partial charge on any atom is 0.277 e. The fourth-order valence-corrected chi connectivity index (χ4v) is 4.95. The van der Waals surface area contributed by atoms with Gasteiger partial charge in [-0.15, -0.1) is 10.2 Å². The summed E-state index contributed by atoms with van der Waals surface area (Å²) in [4.78, 5) is 13.7. The number of hydrogen-bond acceptors (Lipinski definition) is 7. The number of thioether (sulfide) groups is 1. The third-order valence-electron chi connectivity index (χ3n) is 3.97. The van der Waals surface area contributed by atoms with Crippen molar-refractivity contribution in [3.63, 3.8) is 0 Å². The predicted octanol–water partition coefficient (Wildman–Crippen LogP) is 1.61. The minimum Gasteiger partial charge on any atom is -0.411 e. The monoisotopic (exact) mass is 385 g/mol. The molecule has 1 aromatic carbocycles. The highest BCUT2D eigenvalue weighted by Crippen LogP contribution is 2.24. The van der Waals surface area contributed by atoms with Gasteiger partial charge in [0.05, 0.1) is 17.3 Å². The van der Waals surface area contributed by atoms with Crippen molar-refractivity contribution >= 4 is 27.5 Å². The van der Waals surface area contributed by atoms with Crippen molar-refractivity contribution < 1.29 is 22.0 Å². The molecule has 10 heteroatoms. The van der Waals surface area contributed by atoms with Crippen LogP contribution in [0.15, 0.2) is 33.9 Å². The summed E-state index contributed by atoms with van der Waals surface area (Å²) in [5.41, 5.74) is 0.584. The Morgan fingerprint density at radius 2 is 2.08 bits per heavy atom. The lowest BCUT2D eigenvalue weighted by Crippen LogP contribution is -2.38. The Kier molecular flexibility index (Phi) is 5.09. The van der Waals surface area contributed by atoms with Gasteiger partial charge in [-0.05, 0) is 30.7 Å². The van der Waals surface area contributed by atoms with Crippen LogP contribution in [0.4, 0.5) is 4.39 Å². The van der Waals surface area contributed by atoms with Gasteiger partial charge in [-0.25, -0.2) is 12.8 Å². The van der Waals surface area contributed by atoms with E-state index in [2.05, 4.69) is 10.2 Å². The first-order valence-electron chi connectivity index (χ1n) is 7.52. The van der Waals surface area contributed by atoms with Gasteiger partial charge in [0.1, 0.15) is 5.82 Å². The van der Waals surface area contributed by atoms with Crippen molar-refractivity contribution in [2.45, 2.75) is 17.7 Å². The fraction of sp³-hybridized carbons (Fsp3) is 0.400. The number of carbonyl (C=O) groups is 1. The number of carbonyl (C=O) groups excluding carboxylic acids is 1. The van der Waals surface area contributed by atoms with E-state index in [1.807, 2.05) is 0 Å². The van der Waals surface area contributed by atoms with Crippen LogP contribution in [0.25, 0.3) is 11.5 Å². The van der Waals surface area contributed by atoms with Crippen molar-refractivity contribution in [1.29, 1.82) is 0 Å².